The van der Waals surface area contributed by atoms with E-state index < -0.39 is 23.8 Å². The Morgan fingerprint density at radius 2 is 1.86 bits per heavy atom. The van der Waals surface area contributed by atoms with Crippen LogP contribution in [-0.4, -0.2) is 35.5 Å². The summed E-state index contributed by atoms with van der Waals surface area (Å²) in [7, 11) is 1.84. The maximum absolute atomic E-state index is 13.1. The van der Waals surface area contributed by atoms with Crippen molar-refractivity contribution in [1.29, 1.82) is 0 Å². The molecule has 0 aliphatic carbocycles. The van der Waals surface area contributed by atoms with E-state index in [1.807, 2.05) is 38.2 Å². The van der Waals surface area contributed by atoms with Crippen LogP contribution in [-0.2, 0) is 22.1 Å². The quantitative estimate of drug-likeness (QED) is 0.411. The van der Waals surface area contributed by atoms with Gasteiger partial charge in [-0.25, -0.2) is 9.48 Å². The van der Waals surface area contributed by atoms with Gasteiger partial charge in [-0.2, -0.15) is 18.3 Å². The van der Waals surface area contributed by atoms with Gasteiger partial charge in [0.25, 0.3) is 0 Å². The van der Waals surface area contributed by atoms with Crippen molar-refractivity contribution in [3.8, 4) is 11.4 Å². The van der Waals surface area contributed by atoms with Crippen molar-refractivity contribution in [3.05, 3.63) is 76.6 Å². The fourth-order valence-electron chi connectivity index (χ4n) is 3.89. The second-order valence-corrected chi connectivity index (χ2v) is 8.32. The van der Waals surface area contributed by atoms with Crippen LogP contribution in [0, 0.1) is 13.8 Å². The van der Waals surface area contributed by atoms with E-state index in [0.29, 0.717) is 23.4 Å². The number of halogens is 3. The van der Waals surface area contributed by atoms with Crippen molar-refractivity contribution < 1.29 is 27.4 Å². The van der Waals surface area contributed by atoms with Gasteiger partial charge in [-0.15, -0.1) is 0 Å². The fraction of sp³-hybridized carbons (Fsp3) is 0.385. The lowest BCUT2D eigenvalue weighted by Gasteiger charge is -2.21. The molecule has 3 rings (SSSR count). The Balaban J connectivity index is 1.81. The number of ether oxygens (including phenoxy) is 2. The van der Waals surface area contributed by atoms with E-state index in [0.717, 1.165) is 29.0 Å². The molecule has 0 aliphatic rings. The van der Waals surface area contributed by atoms with Crippen LogP contribution >= 0.6 is 0 Å². The molecular weight excluding hydrogens is 459 g/mol. The number of esters is 1. The zero-order valence-electron chi connectivity index (χ0n) is 20.4. The average Bonchev–Trinajstić information content (AvgIpc) is 3.26. The first-order chi connectivity index (χ1) is 16.5. The molecule has 0 amide bonds. The van der Waals surface area contributed by atoms with Crippen molar-refractivity contribution in [2.75, 3.05) is 13.7 Å². The van der Waals surface area contributed by atoms with Gasteiger partial charge >= 0.3 is 12.1 Å². The highest BCUT2D eigenvalue weighted by Crippen LogP contribution is 2.32. The molecule has 1 heterocycles. The third-order valence-corrected chi connectivity index (χ3v) is 5.76. The molecule has 188 valence electrons. The predicted octanol–water partition coefficient (Wildman–Crippen LogP) is 5.34. The Kier molecular flexibility index (Phi) is 8.22. The lowest BCUT2D eigenvalue weighted by Crippen LogP contribution is -2.26. The summed E-state index contributed by atoms with van der Waals surface area (Å²) in [6, 6.07) is 11.1. The molecule has 2 aromatic carbocycles. The average molecular weight is 490 g/mol. The number of aryl methyl sites for hydroxylation is 2. The first-order valence-corrected chi connectivity index (χ1v) is 11.4. The number of hydrogen-bond donors (Lipinski definition) is 1. The minimum absolute atomic E-state index is 0.0876. The van der Waals surface area contributed by atoms with Crippen LogP contribution in [0.4, 0.5) is 13.2 Å². The van der Waals surface area contributed by atoms with Gasteiger partial charge in [-0.1, -0.05) is 12.1 Å². The molecule has 2 unspecified atom stereocenters. The molecule has 35 heavy (non-hydrogen) atoms. The van der Waals surface area contributed by atoms with Gasteiger partial charge < -0.3 is 14.8 Å². The summed E-state index contributed by atoms with van der Waals surface area (Å²) in [5.41, 5.74) is 3.11. The first kappa shape index (κ1) is 26.3. The molecule has 1 N–H and O–H groups in total. The van der Waals surface area contributed by atoms with Gasteiger partial charge in [0.1, 0.15) is 5.75 Å². The van der Waals surface area contributed by atoms with Crippen molar-refractivity contribution in [3.63, 3.8) is 0 Å². The number of carbonyl (C=O) groups is 1. The van der Waals surface area contributed by atoms with E-state index in [4.69, 9.17) is 9.47 Å². The minimum atomic E-state index is -4.39. The van der Waals surface area contributed by atoms with Crippen LogP contribution in [0.1, 0.15) is 47.8 Å². The third-order valence-electron chi connectivity index (χ3n) is 5.76. The number of benzene rings is 2. The van der Waals surface area contributed by atoms with Crippen LogP contribution in [0.15, 0.2) is 48.7 Å². The summed E-state index contributed by atoms with van der Waals surface area (Å²) in [4.78, 5) is 11.9. The second kappa shape index (κ2) is 10.9. The normalized spacial score (nSPS) is 13.4. The molecule has 0 spiro atoms. The molecule has 0 aliphatic heterocycles. The maximum Gasteiger partial charge on any atom is 0.416 e. The summed E-state index contributed by atoms with van der Waals surface area (Å²) >= 11 is 0. The Morgan fingerprint density at radius 3 is 2.46 bits per heavy atom. The number of nitrogens with one attached hydrogen (secondary N) is 1. The summed E-state index contributed by atoms with van der Waals surface area (Å²) in [6.45, 7) is 7.22. The maximum atomic E-state index is 13.1. The number of alkyl halides is 3. The highest BCUT2D eigenvalue weighted by molar-refractivity contribution is 5.74. The van der Waals surface area contributed by atoms with E-state index in [1.165, 1.54) is 6.07 Å². The van der Waals surface area contributed by atoms with E-state index in [2.05, 4.69) is 10.4 Å². The molecule has 1 aromatic heterocycles. The van der Waals surface area contributed by atoms with Gasteiger partial charge in [0.15, 0.2) is 6.10 Å². The number of aromatic nitrogens is 2. The van der Waals surface area contributed by atoms with Crippen LogP contribution in [0.25, 0.3) is 5.69 Å². The van der Waals surface area contributed by atoms with Gasteiger partial charge in [0.2, 0.25) is 0 Å². The summed E-state index contributed by atoms with van der Waals surface area (Å²) < 4.78 is 51.6. The second-order valence-electron chi connectivity index (χ2n) is 8.32. The van der Waals surface area contributed by atoms with E-state index in [-0.39, 0.29) is 12.6 Å². The van der Waals surface area contributed by atoms with Crippen molar-refractivity contribution >= 4 is 5.97 Å². The minimum Gasteiger partial charge on any atom is -0.479 e. The predicted molar refractivity (Wildman–Crippen MR) is 127 cm³/mol. The van der Waals surface area contributed by atoms with Crippen molar-refractivity contribution in [2.24, 2.45) is 0 Å². The van der Waals surface area contributed by atoms with Crippen LogP contribution in [0.5, 0.6) is 5.75 Å². The largest absolute Gasteiger partial charge is 0.479 e. The summed E-state index contributed by atoms with van der Waals surface area (Å²) in [5.74, 6) is 0.172. The third kappa shape index (κ3) is 6.22. The zero-order chi connectivity index (χ0) is 25.8. The fourth-order valence-corrected chi connectivity index (χ4v) is 3.89. The van der Waals surface area contributed by atoms with Crippen LogP contribution < -0.4 is 10.1 Å². The molecule has 0 saturated heterocycles. The Hall–Kier alpha value is -3.33. The lowest BCUT2D eigenvalue weighted by atomic mass is 9.99. The lowest BCUT2D eigenvalue weighted by molar-refractivity contribution is -0.150. The van der Waals surface area contributed by atoms with Gasteiger partial charge in [-0.05, 0) is 81.8 Å². The smallest absolute Gasteiger partial charge is 0.416 e. The molecule has 0 bridgehead atoms. The number of nitrogens with zero attached hydrogens (tertiary/aromatic N) is 2. The Labute approximate surface area is 203 Å². The molecule has 0 fully saturated rings. The number of hydrogen-bond acceptors (Lipinski definition) is 5. The standard InChI is InChI=1S/C26H30F3N3O3/c1-6-34-25(33)18(4)35-24-10-7-19(13-17(24)3)22(30-5)15-21-11-12-31-32(21)23-9-8-20(14-16(23)2)26(27,28)29/h7-14,18,22,30H,6,15H2,1-5H3. The van der Waals surface area contributed by atoms with Crippen LogP contribution in [0.3, 0.4) is 0 Å². The SMILES string of the molecule is CCOC(=O)C(C)Oc1ccc(C(Cc2ccnn2-c2ccc(C(F)(F)F)cc2C)NC)cc1C. The van der Waals surface area contributed by atoms with Crippen molar-refractivity contribution in [1.82, 2.24) is 15.1 Å². The first-order valence-electron chi connectivity index (χ1n) is 11.4. The Bertz CT molecular complexity index is 1170. The zero-order valence-corrected chi connectivity index (χ0v) is 20.4. The molecule has 0 radical (unpaired) electrons. The van der Waals surface area contributed by atoms with Gasteiger partial charge in [0, 0.05) is 24.4 Å². The number of carbonyl (C=O) groups excluding carboxylic acids is 1. The molecule has 3 aromatic rings. The molecule has 2 atom stereocenters. The van der Waals surface area contributed by atoms with Gasteiger partial charge in [0.05, 0.1) is 17.9 Å². The summed E-state index contributed by atoms with van der Waals surface area (Å²) in [6.07, 6.45) is -2.93. The number of likely N-dealkylation sites (N-methyl/N-ethyl adjacent to an activating group) is 1. The van der Waals surface area contributed by atoms with E-state index in [9.17, 15) is 18.0 Å². The highest BCUT2D eigenvalue weighted by atomic mass is 19.4. The topological polar surface area (TPSA) is 65.4 Å². The van der Waals surface area contributed by atoms with E-state index >= 15 is 0 Å². The monoisotopic (exact) mass is 489 g/mol. The molecule has 6 nitrogen and oxygen atoms in total. The molecule has 9 heteroatoms. The van der Waals surface area contributed by atoms with E-state index in [1.54, 1.807) is 31.6 Å². The summed E-state index contributed by atoms with van der Waals surface area (Å²) in [5, 5.41) is 7.66. The van der Waals surface area contributed by atoms with Crippen molar-refractivity contribution in [2.45, 2.75) is 52.4 Å². The molecule has 0 saturated carbocycles. The van der Waals surface area contributed by atoms with Crippen LogP contribution in [0.2, 0.25) is 0 Å². The number of rotatable bonds is 9. The van der Waals surface area contributed by atoms with Gasteiger partial charge in [-0.3, -0.25) is 0 Å². The molecular formula is C26H30F3N3O3. The Morgan fingerprint density at radius 1 is 1.11 bits per heavy atom. The highest BCUT2D eigenvalue weighted by Gasteiger charge is 2.31.